The van der Waals surface area contributed by atoms with Gasteiger partial charge in [0.15, 0.2) is 0 Å². The van der Waals surface area contributed by atoms with Crippen LogP contribution in [0.15, 0.2) is 24.3 Å². The summed E-state index contributed by atoms with van der Waals surface area (Å²) in [4.78, 5) is 119. The molecule has 0 saturated heterocycles. The SMILES string of the molecule is CCCCCCCCCCCCCCCC(=O)NCC(=O)NCC(=O)N[C@@H](Cc1ccc(O)cc1)C(=O)N[C@@H](CCC(N)=O)C(=O)N[C@@H](CCCCN)C(=O)N[C@@H](CCCCN)C(=O)N[C@@H](CC(C)C)C(=O)NC. The molecule has 1 aromatic carbocycles. The Kier molecular flexibility index (Phi) is 36.3. The van der Waals surface area contributed by atoms with Gasteiger partial charge in [-0.15, -0.1) is 0 Å². The van der Waals surface area contributed by atoms with Crippen molar-refractivity contribution in [2.45, 2.75) is 205 Å². The predicted molar refractivity (Wildman–Crippen MR) is 286 cm³/mol. The Hall–Kier alpha value is -5.83. The van der Waals surface area contributed by atoms with Gasteiger partial charge < -0.3 is 64.8 Å². The topological polar surface area (TPSA) is 348 Å². The van der Waals surface area contributed by atoms with Crippen LogP contribution in [0.4, 0.5) is 0 Å². The highest BCUT2D eigenvalue weighted by atomic mass is 16.3. The second-order valence-electron chi connectivity index (χ2n) is 19.6. The fraction of sp³-hybridized carbons (Fsp3) is 0.717. The molecule has 0 fully saturated rings. The fourth-order valence-corrected chi connectivity index (χ4v) is 8.18. The van der Waals surface area contributed by atoms with Gasteiger partial charge in [-0.1, -0.05) is 110 Å². The minimum Gasteiger partial charge on any atom is -0.508 e. The van der Waals surface area contributed by atoms with Crippen LogP contribution in [0.25, 0.3) is 0 Å². The van der Waals surface area contributed by atoms with E-state index in [0.29, 0.717) is 50.6 Å². The van der Waals surface area contributed by atoms with Gasteiger partial charge in [-0.3, -0.25) is 43.2 Å². The van der Waals surface area contributed by atoms with E-state index in [1.165, 1.54) is 89.1 Å². The number of primary amides is 1. The summed E-state index contributed by atoms with van der Waals surface area (Å²) in [5.74, 6) is -5.94. The molecule has 420 valence electrons. The van der Waals surface area contributed by atoms with Crippen molar-refractivity contribution in [2.75, 3.05) is 33.2 Å². The Labute approximate surface area is 439 Å². The molecule has 74 heavy (non-hydrogen) atoms. The zero-order valence-electron chi connectivity index (χ0n) is 44.9. The van der Waals surface area contributed by atoms with Crippen molar-refractivity contribution in [1.29, 1.82) is 0 Å². The molecule has 0 aliphatic heterocycles. The molecular formula is C53H93N11O10. The number of hydrogen-bond donors (Lipinski definition) is 12. The number of nitrogens with one attached hydrogen (secondary N) is 8. The monoisotopic (exact) mass is 1040 g/mol. The lowest BCUT2D eigenvalue weighted by molar-refractivity contribution is -0.135. The van der Waals surface area contributed by atoms with Gasteiger partial charge in [0.25, 0.3) is 0 Å². The van der Waals surface area contributed by atoms with E-state index in [1.54, 1.807) is 0 Å². The zero-order chi connectivity index (χ0) is 55.1. The second-order valence-corrected chi connectivity index (χ2v) is 19.6. The quantitative estimate of drug-likeness (QED) is 0.0420. The molecule has 0 bridgehead atoms. The van der Waals surface area contributed by atoms with Crippen LogP contribution in [0.2, 0.25) is 0 Å². The summed E-state index contributed by atoms with van der Waals surface area (Å²) < 4.78 is 0. The largest absolute Gasteiger partial charge is 0.508 e. The molecule has 0 aromatic heterocycles. The molecule has 21 nitrogen and oxygen atoms in total. The molecule has 15 N–H and O–H groups in total. The van der Waals surface area contributed by atoms with Gasteiger partial charge in [-0.25, -0.2) is 0 Å². The number of benzene rings is 1. The summed E-state index contributed by atoms with van der Waals surface area (Å²) in [6.45, 7) is 5.72. The number of unbranched alkanes of at least 4 members (excludes halogenated alkanes) is 14. The molecule has 0 spiro atoms. The van der Waals surface area contributed by atoms with Crippen LogP contribution in [0.5, 0.6) is 5.75 Å². The maximum Gasteiger partial charge on any atom is 0.243 e. The summed E-state index contributed by atoms with van der Waals surface area (Å²) >= 11 is 0. The maximum absolute atomic E-state index is 14.1. The molecule has 1 rings (SSSR count). The maximum atomic E-state index is 14.1. The molecule has 21 heteroatoms. The van der Waals surface area contributed by atoms with E-state index in [1.807, 2.05) is 13.8 Å². The van der Waals surface area contributed by atoms with E-state index in [2.05, 4.69) is 49.5 Å². The number of likely N-dealkylation sites (N-methyl/N-ethyl adjacent to an activating group) is 1. The molecule has 1 aromatic rings. The van der Waals surface area contributed by atoms with Crippen LogP contribution in [0, 0.1) is 5.92 Å². The first-order chi connectivity index (χ1) is 35.4. The van der Waals surface area contributed by atoms with Crippen molar-refractivity contribution in [3.8, 4) is 5.75 Å². The summed E-state index contributed by atoms with van der Waals surface area (Å²) in [5, 5.41) is 30.7. The van der Waals surface area contributed by atoms with Crippen LogP contribution in [0.1, 0.15) is 174 Å². The van der Waals surface area contributed by atoms with Crippen molar-refractivity contribution in [3.05, 3.63) is 29.8 Å². The first-order valence-corrected chi connectivity index (χ1v) is 27.2. The van der Waals surface area contributed by atoms with Crippen LogP contribution < -0.4 is 59.7 Å². The van der Waals surface area contributed by atoms with E-state index in [4.69, 9.17) is 17.2 Å². The average Bonchev–Trinajstić information content (AvgIpc) is 3.36. The number of carbonyl (C=O) groups is 9. The number of aromatic hydroxyl groups is 1. The van der Waals surface area contributed by atoms with E-state index in [9.17, 15) is 48.3 Å². The number of phenols is 1. The first-order valence-electron chi connectivity index (χ1n) is 27.2. The summed E-state index contributed by atoms with van der Waals surface area (Å²) in [6, 6.07) is -0.240. The van der Waals surface area contributed by atoms with E-state index < -0.39 is 84.0 Å². The lowest BCUT2D eigenvalue weighted by Gasteiger charge is -2.27. The van der Waals surface area contributed by atoms with Crippen LogP contribution in [0.3, 0.4) is 0 Å². The first kappa shape index (κ1) is 66.2. The number of hydrogen-bond acceptors (Lipinski definition) is 12. The summed E-state index contributed by atoms with van der Waals surface area (Å²) in [7, 11) is 1.45. The Morgan fingerprint density at radius 3 is 1.38 bits per heavy atom. The molecule has 5 atom stereocenters. The third-order valence-corrected chi connectivity index (χ3v) is 12.5. The highest BCUT2D eigenvalue weighted by Gasteiger charge is 2.33. The molecular weight excluding hydrogens is 951 g/mol. The predicted octanol–water partition coefficient (Wildman–Crippen LogP) is 2.39. The minimum atomic E-state index is -1.46. The zero-order valence-corrected chi connectivity index (χ0v) is 44.9. The highest BCUT2D eigenvalue weighted by Crippen LogP contribution is 2.15. The van der Waals surface area contributed by atoms with Crippen LogP contribution in [-0.4, -0.2) is 122 Å². The Balaban J connectivity index is 3.07. The molecule has 0 radical (unpaired) electrons. The van der Waals surface area contributed by atoms with Crippen molar-refractivity contribution >= 4 is 53.2 Å². The number of phenolic OH excluding ortho intramolecular Hbond substituents is 1. The standard InChI is InChI=1S/C53H93N11O10/c1-5-6-7-8-9-10-11-12-13-14-15-16-17-24-46(67)58-35-47(68)59-36-48(69)60-44(34-38-25-27-39(65)28-26-38)53(74)63-42(29-30-45(56)66)52(73)62-40(22-18-20-31-54)50(71)61-41(23-19-21-32-55)51(72)64-43(33-37(2)3)49(70)57-4/h25-28,37,40-44,65H,5-24,29-36,54-55H2,1-4H3,(H2,56,66)(H,57,70)(H,58,67)(H,59,68)(H,60,69)(H,61,71)(H,62,73)(H,63,74)(H,64,72)/t40-,41-,42-,43-,44-/m0/s1. The average molecular weight is 1040 g/mol. The molecule has 0 aliphatic carbocycles. The van der Waals surface area contributed by atoms with E-state index in [-0.39, 0.29) is 69.2 Å². The minimum absolute atomic E-state index is 0.0482. The third-order valence-electron chi connectivity index (χ3n) is 12.5. The van der Waals surface area contributed by atoms with Gasteiger partial charge in [-0.2, -0.15) is 0 Å². The van der Waals surface area contributed by atoms with Gasteiger partial charge in [0, 0.05) is 26.3 Å². The smallest absolute Gasteiger partial charge is 0.243 e. The summed E-state index contributed by atoms with van der Waals surface area (Å²) in [5.41, 5.74) is 17.4. The Morgan fingerprint density at radius 1 is 0.486 bits per heavy atom. The molecule has 0 aliphatic rings. The van der Waals surface area contributed by atoms with E-state index in [0.717, 1.165) is 19.3 Å². The number of rotatable bonds is 43. The van der Waals surface area contributed by atoms with Gasteiger partial charge in [-0.05, 0) is 94.5 Å². The van der Waals surface area contributed by atoms with Crippen LogP contribution in [-0.2, 0) is 49.6 Å². The molecule has 0 heterocycles. The van der Waals surface area contributed by atoms with Gasteiger partial charge in [0.2, 0.25) is 53.2 Å². The number of amides is 9. The molecule has 0 saturated carbocycles. The third kappa shape index (κ3) is 31.7. The molecule has 0 unspecified atom stereocenters. The second kappa shape index (κ2) is 40.5. The summed E-state index contributed by atoms with van der Waals surface area (Å²) in [6.07, 6.45) is 17.2. The van der Waals surface area contributed by atoms with Crippen molar-refractivity contribution < 1.29 is 48.3 Å². The lowest BCUT2D eigenvalue weighted by atomic mass is 10.0. The van der Waals surface area contributed by atoms with Gasteiger partial charge >= 0.3 is 0 Å². The van der Waals surface area contributed by atoms with Crippen molar-refractivity contribution in [1.82, 2.24) is 42.5 Å². The normalized spacial score (nSPS) is 13.1. The van der Waals surface area contributed by atoms with E-state index >= 15 is 0 Å². The highest BCUT2D eigenvalue weighted by molar-refractivity contribution is 5.97. The lowest BCUT2D eigenvalue weighted by Crippen LogP contribution is -2.59. The fourth-order valence-electron chi connectivity index (χ4n) is 8.18. The number of carbonyl (C=O) groups excluding carboxylic acids is 9. The van der Waals surface area contributed by atoms with Crippen LogP contribution >= 0.6 is 0 Å². The van der Waals surface area contributed by atoms with Gasteiger partial charge in [0.1, 0.15) is 36.0 Å². The Bertz CT molecular complexity index is 1830. The van der Waals surface area contributed by atoms with Gasteiger partial charge in [0.05, 0.1) is 13.1 Å². The van der Waals surface area contributed by atoms with Crippen molar-refractivity contribution in [3.63, 3.8) is 0 Å². The Morgan fingerprint density at radius 2 is 0.919 bits per heavy atom. The molecule has 9 amide bonds. The number of nitrogens with two attached hydrogens (primary N) is 3. The van der Waals surface area contributed by atoms with Crippen molar-refractivity contribution in [2.24, 2.45) is 23.1 Å².